The molecule has 500 valence electrons. The van der Waals surface area contributed by atoms with Crippen molar-refractivity contribution in [1.82, 2.24) is 0 Å². The molecule has 2 unspecified atom stereocenters. The summed E-state index contributed by atoms with van der Waals surface area (Å²) in [5, 5.41) is 10.5. The number of aliphatic hydroxyl groups excluding tert-OH is 1. The fourth-order valence-corrected chi connectivity index (χ4v) is 11.0. The Morgan fingerprint density at radius 3 is 0.965 bits per heavy atom. The lowest BCUT2D eigenvalue weighted by Crippen LogP contribution is -2.30. The number of phosphoric acid groups is 2. The third-order valence-electron chi connectivity index (χ3n) is 14.7. The Bertz CT molecular complexity index is 1740. The maximum absolute atomic E-state index is 13.0. The number of carbonyl (C=O) groups excluding carboxylic acids is 4. The van der Waals surface area contributed by atoms with Crippen molar-refractivity contribution in [2.75, 3.05) is 39.6 Å². The summed E-state index contributed by atoms with van der Waals surface area (Å²) in [6.07, 6.45) is 46.6. The quantitative estimate of drug-likeness (QED) is 0.0169. The highest BCUT2D eigenvalue weighted by Crippen LogP contribution is 2.45. The lowest BCUT2D eigenvalue weighted by atomic mass is 10.0. The maximum Gasteiger partial charge on any atom is 0.472 e. The molecule has 0 saturated heterocycles. The van der Waals surface area contributed by atoms with Crippen LogP contribution in [0.3, 0.4) is 0 Å². The van der Waals surface area contributed by atoms with Crippen molar-refractivity contribution < 1.29 is 80.2 Å². The third-order valence-corrected chi connectivity index (χ3v) is 16.6. The van der Waals surface area contributed by atoms with Crippen molar-refractivity contribution >= 4 is 39.5 Å². The molecule has 19 heteroatoms. The Hall–Kier alpha value is -2.46. The minimum absolute atomic E-state index is 0.0847. The Labute approximate surface area is 516 Å². The summed E-state index contributed by atoms with van der Waals surface area (Å²) in [7, 11) is -9.90. The number of carbonyl (C=O) groups is 4. The molecule has 0 heterocycles. The lowest BCUT2D eigenvalue weighted by molar-refractivity contribution is -0.161. The van der Waals surface area contributed by atoms with Gasteiger partial charge in [0.1, 0.15) is 19.3 Å². The molecule has 0 amide bonds. The summed E-state index contributed by atoms with van der Waals surface area (Å²) in [5.41, 5.74) is 0. The van der Waals surface area contributed by atoms with Gasteiger partial charge < -0.3 is 33.8 Å². The van der Waals surface area contributed by atoms with Gasteiger partial charge in [-0.1, -0.05) is 258 Å². The minimum Gasteiger partial charge on any atom is -0.462 e. The minimum atomic E-state index is -4.95. The topological polar surface area (TPSA) is 237 Å². The number of hydrogen-bond donors (Lipinski definition) is 3. The van der Waals surface area contributed by atoms with E-state index in [1.807, 2.05) is 0 Å². The zero-order valence-electron chi connectivity index (χ0n) is 54.2. The summed E-state index contributed by atoms with van der Waals surface area (Å²) in [6, 6.07) is 0. The molecular formula is C66H124O17P2. The average molecular weight is 1250 g/mol. The van der Waals surface area contributed by atoms with Crippen LogP contribution in [0.5, 0.6) is 0 Å². The van der Waals surface area contributed by atoms with Gasteiger partial charge in [-0.3, -0.25) is 37.3 Å². The van der Waals surface area contributed by atoms with Crippen LogP contribution in [0.1, 0.15) is 311 Å². The summed E-state index contributed by atoms with van der Waals surface area (Å²) >= 11 is 0. The van der Waals surface area contributed by atoms with Crippen LogP contribution < -0.4 is 0 Å². The number of aliphatic hydroxyl groups is 1. The largest absolute Gasteiger partial charge is 0.472 e. The first-order valence-electron chi connectivity index (χ1n) is 34.0. The number of unbranched alkanes of at least 4 members (excludes halogenated alkanes) is 33. The third kappa shape index (κ3) is 60.2. The fraction of sp³-hybridized carbons (Fsp3) is 0.879. The van der Waals surface area contributed by atoms with E-state index in [4.69, 9.17) is 37.0 Å². The van der Waals surface area contributed by atoms with Crippen molar-refractivity contribution in [2.24, 2.45) is 5.92 Å². The van der Waals surface area contributed by atoms with Gasteiger partial charge in [0.25, 0.3) is 0 Å². The molecule has 0 fully saturated rings. The maximum atomic E-state index is 13.0. The second kappa shape index (κ2) is 59.2. The van der Waals surface area contributed by atoms with Crippen LogP contribution in [0.15, 0.2) is 24.3 Å². The Kier molecular flexibility index (Phi) is 57.5. The van der Waals surface area contributed by atoms with Gasteiger partial charge >= 0.3 is 39.5 Å². The summed E-state index contributed by atoms with van der Waals surface area (Å²) < 4.78 is 68.0. The number of allylic oxidation sites excluding steroid dienone is 4. The first-order valence-corrected chi connectivity index (χ1v) is 36.9. The number of phosphoric ester groups is 2. The van der Waals surface area contributed by atoms with Crippen molar-refractivity contribution in [3.05, 3.63) is 24.3 Å². The monoisotopic (exact) mass is 1250 g/mol. The molecule has 0 aromatic carbocycles. The van der Waals surface area contributed by atoms with Gasteiger partial charge in [0.05, 0.1) is 26.4 Å². The molecule has 0 aliphatic rings. The summed E-state index contributed by atoms with van der Waals surface area (Å²) in [4.78, 5) is 72.2. The second-order valence-corrected chi connectivity index (χ2v) is 26.6. The van der Waals surface area contributed by atoms with Crippen molar-refractivity contribution in [1.29, 1.82) is 0 Å². The Morgan fingerprint density at radius 1 is 0.365 bits per heavy atom. The predicted molar refractivity (Wildman–Crippen MR) is 340 cm³/mol. The lowest BCUT2D eigenvalue weighted by Gasteiger charge is -2.21. The van der Waals surface area contributed by atoms with Crippen LogP contribution in [0, 0.1) is 5.92 Å². The predicted octanol–water partition coefficient (Wildman–Crippen LogP) is 18.1. The normalized spacial score (nSPS) is 14.4. The molecule has 85 heavy (non-hydrogen) atoms. The SMILES string of the molecule is CCCCCC/C=C\C=C/CCCCCCCC(=O)O[C@H](COC(=O)CCCCCCCCCCCC(C)C)COP(=O)(O)OC[C@@H](O)COP(=O)(O)OC[C@@H](COC(=O)CCCCCCCCCCC)OC(=O)CCCCCCCCCCC. The first-order chi connectivity index (χ1) is 41.0. The summed E-state index contributed by atoms with van der Waals surface area (Å²) in [6.45, 7) is 7.09. The van der Waals surface area contributed by atoms with E-state index < -0.39 is 97.5 Å². The molecule has 17 nitrogen and oxygen atoms in total. The van der Waals surface area contributed by atoms with Gasteiger partial charge in [0.2, 0.25) is 0 Å². The molecule has 0 aliphatic heterocycles. The van der Waals surface area contributed by atoms with Crippen molar-refractivity contribution in [3.8, 4) is 0 Å². The van der Waals surface area contributed by atoms with Gasteiger partial charge in [-0.15, -0.1) is 0 Å². The van der Waals surface area contributed by atoms with E-state index in [-0.39, 0.29) is 25.7 Å². The highest BCUT2D eigenvalue weighted by atomic mass is 31.2. The van der Waals surface area contributed by atoms with E-state index in [0.29, 0.717) is 25.7 Å². The van der Waals surface area contributed by atoms with Gasteiger partial charge in [-0.25, -0.2) is 9.13 Å². The van der Waals surface area contributed by atoms with Crippen LogP contribution in [-0.2, 0) is 65.4 Å². The van der Waals surface area contributed by atoms with Gasteiger partial charge in [-0.2, -0.15) is 0 Å². The van der Waals surface area contributed by atoms with E-state index >= 15 is 0 Å². The van der Waals surface area contributed by atoms with Crippen molar-refractivity contribution in [3.63, 3.8) is 0 Å². The molecular weight excluding hydrogens is 1130 g/mol. The van der Waals surface area contributed by atoms with E-state index in [2.05, 4.69) is 58.9 Å². The number of ether oxygens (including phenoxy) is 4. The Morgan fingerprint density at radius 2 is 0.635 bits per heavy atom. The van der Waals surface area contributed by atoms with E-state index in [0.717, 1.165) is 109 Å². The van der Waals surface area contributed by atoms with Gasteiger partial charge in [-0.05, 0) is 57.3 Å². The fourth-order valence-electron chi connectivity index (χ4n) is 9.40. The number of esters is 4. The van der Waals surface area contributed by atoms with Gasteiger partial charge in [0, 0.05) is 25.7 Å². The van der Waals surface area contributed by atoms with Crippen LogP contribution >= 0.6 is 15.6 Å². The molecule has 0 aromatic heterocycles. The molecule has 0 bridgehead atoms. The molecule has 0 saturated carbocycles. The second-order valence-electron chi connectivity index (χ2n) is 23.6. The zero-order valence-corrected chi connectivity index (χ0v) is 56.0. The highest BCUT2D eigenvalue weighted by Gasteiger charge is 2.30. The standard InChI is InChI=1S/C66H124O17P2/c1-6-9-12-15-18-21-22-23-24-25-26-31-37-42-47-52-66(71)83-62(56-77-64(69)50-45-40-35-32-27-30-33-38-43-48-59(4)5)58-81-85(74,75)79-54-60(67)53-78-84(72,73)80-57-61(82-65(70)51-46-41-36-29-20-17-14-11-8-3)55-76-63(68)49-44-39-34-28-19-16-13-10-7-2/h21-24,59-62,67H,6-20,25-58H2,1-5H3,(H,72,73)(H,74,75)/b22-21-,24-23-/t60-,61+,62+/m0/s1. The van der Waals surface area contributed by atoms with Crippen LogP contribution in [0.4, 0.5) is 0 Å². The van der Waals surface area contributed by atoms with Crippen LogP contribution in [-0.4, -0.2) is 96.7 Å². The highest BCUT2D eigenvalue weighted by molar-refractivity contribution is 7.47. The Balaban J connectivity index is 5.26. The van der Waals surface area contributed by atoms with Crippen molar-refractivity contribution in [2.45, 2.75) is 329 Å². The van der Waals surface area contributed by atoms with E-state index in [1.54, 1.807) is 0 Å². The van der Waals surface area contributed by atoms with E-state index in [1.165, 1.54) is 122 Å². The van der Waals surface area contributed by atoms with Crippen LogP contribution in [0.25, 0.3) is 0 Å². The number of rotatable bonds is 64. The molecule has 3 N–H and O–H groups in total. The van der Waals surface area contributed by atoms with Crippen LogP contribution in [0.2, 0.25) is 0 Å². The molecule has 0 radical (unpaired) electrons. The summed E-state index contributed by atoms with van der Waals surface area (Å²) in [5.74, 6) is -1.42. The molecule has 0 rings (SSSR count). The van der Waals surface area contributed by atoms with E-state index in [9.17, 15) is 43.2 Å². The van der Waals surface area contributed by atoms with Gasteiger partial charge in [0.15, 0.2) is 12.2 Å². The molecule has 0 aromatic rings. The zero-order chi connectivity index (χ0) is 62.8. The molecule has 5 atom stereocenters. The number of hydrogen-bond acceptors (Lipinski definition) is 15. The first kappa shape index (κ1) is 82.5. The smallest absolute Gasteiger partial charge is 0.462 e. The average Bonchev–Trinajstić information content (AvgIpc) is 3.49. The molecule has 0 aliphatic carbocycles. The molecule has 0 spiro atoms.